The van der Waals surface area contributed by atoms with E-state index in [-0.39, 0.29) is 5.91 Å². The molecule has 124 valence electrons. The number of sulfonamides is 1. The van der Waals surface area contributed by atoms with E-state index in [1.807, 2.05) is 35.9 Å². The molecule has 0 N–H and O–H groups in total. The minimum absolute atomic E-state index is 0.378. The lowest BCUT2D eigenvalue weighted by Crippen LogP contribution is -2.47. The molecule has 0 spiro atoms. The highest BCUT2D eigenvalue weighted by Gasteiger charge is 2.34. The second-order valence-corrected chi connectivity index (χ2v) is 8.69. The van der Waals surface area contributed by atoms with Gasteiger partial charge in [-0.25, -0.2) is 8.42 Å². The van der Waals surface area contributed by atoms with E-state index in [2.05, 4.69) is 4.99 Å². The molecule has 1 aliphatic rings. The molecule has 1 aliphatic heterocycles. The molecular weight excluding hydrogens is 334 g/mol. The van der Waals surface area contributed by atoms with Crippen LogP contribution >= 0.6 is 11.3 Å². The van der Waals surface area contributed by atoms with Crippen molar-refractivity contribution in [3.63, 3.8) is 0 Å². The van der Waals surface area contributed by atoms with Crippen LogP contribution in [0, 0.1) is 0 Å². The van der Waals surface area contributed by atoms with Gasteiger partial charge in [-0.15, -0.1) is 0 Å². The number of hydrogen-bond acceptors (Lipinski definition) is 4. The molecule has 6 nitrogen and oxygen atoms in total. The number of aromatic nitrogens is 1. The zero-order valence-electron chi connectivity index (χ0n) is 13.1. The Hall–Kier alpha value is -1.51. The largest absolute Gasteiger partial charge is 0.319 e. The summed E-state index contributed by atoms with van der Waals surface area (Å²) in [4.78, 5) is 17.4. The topological polar surface area (TPSA) is 71.7 Å². The number of para-hydroxylation sites is 1. The Morgan fingerprint density at radius 2 is 2.04 bits per heavy atom. The van der Waals surface area contributed by atoms with E-state index in [1.165, 1.54) is 15.6 Å². The molecule has 1 unspecified atom stereocenters. The van der Waals surface area contributed by atoms with Gasteiger partial charge in [0.15, 0.2) is 4.80 Å². The van der Waals surface area contributed by atoms with E-state index in [4.69, 9.17) is 0 Å². The summed E-state index contributed by atoms with van der Waals surface area (Å²) in [6.45, 7) is 0.392. The number of thiazole rings is 1. The summed E-state index contributed by atoms with van der Waals surface area (Å²) in [7, 11) is -1.54. The Kier molecular flexibility index (Phi) is 4.39. The normalized spacial score (nSPS) is 21.0. The number of aryl methyl sites for hydroxylation is 1. The van der Waals surface area contributed by atoms with E-state index in [0.717, 1.165) is 29.3 Å². The van der Waals surface area contributed by atoms with E-state index in [9.17, 15) is 13.2 Å². The maximum absolute atomic E-state index is 12.6. The molecule has 2 heterocycles. The highest BCUT2D eigenvalue weighted by molar-refractivity contribution is 7.88. The maximum Gasteiger partial charge on any atom is 0.266 e. The van der Waals surface area contributed by atoms with Crippen molar-refractivity contribution in [1.82, 2.24) is 8.87 Å². The van der Waals surface area contributed by atoms with Crippen molar-refractivity contribution in [2.45, 2.75) is 25.3 Å². The van der Waals surface area contributed by atoms with Crippen molar-refractivity contribution in [3.05, 3.63) is 29.1 Å². The van der Waals surface area contributed by atoms with Crippen molar-refractivity contribution in [2.24, 2.45) is 12.0 Å². The van der Waals surface area contributed by atoms with Gasteiger partial charge >= 0.3 is 0 Å². The SMILES string of the molecule is Cn1c(=NC(=O)C2CCCCN2S(C)(=O)=O)sc2ccccc21. The van der Waals surface area contributed by atoms with Crippen LogP contribution in [-0.2, 0) is 21.9 Å². The van der Waals surface area contributed by atoms with Crippen LogP contribution in [0.25, 0.3) is 10.2 Å². The minimum atomic E-state index is -3.40. The highest BCUT2D eigenvalue weighted by Crippen LogP contribution is 2.21. The van der Waals surface area contributed by atoms with Gasteiger partial charge in [0.2, 0.25) is 10.0 Å². The van der Waals surface area contributed by atoms with Crippen LogP contribution < -0.4 is 4.80 Å². The number of piperidine rings is 1. The van der Waals surface area contributed by atoms with Gasteiger partial charge in [0.1, 0.15) is 6.04 Å². The third-order valence-electron chi connectivity index (χ3n) is 4.09. The van der Waals surface area contributed by atoms with Gasteiger partial charge in [-0.1, -0.05) is 29.9 Å². The van der Waals surface area contributed by atoms with Crippen molar-refractivity contribution in [1.29, 1.82) is 0 Å². The van der Waals surface area contributed by atoms with Gasteiger partial charge in [0, 0.05) is 13.6 Å². The van der Waals surface area contributed by atoms with Crippen molar-refractivity contribution in [2.75, 3.05) is 12.8 Å². The molecule has 3 rings (SSSR count). The van der Waals surface area contributed by atoms with Crippen LogP contribution in [-0.4, -0.2) is 42.0 Å². The lowest BCUT2D eigenvalue weighted by molar-refractivity contribution is -0.122. The first-order valence-corrected chi connectivity index (χ1v) is 10.1. The highest BCUT2D eigenvalue weighted by atomic mass is 32.2. The Bertz CT molecular complexity index is 911. The number of hydrogen-bond donors (Lipinski definition) is 0. The lowest BCUT2D eigenvalue weighted by Gasteiger charge is -2.31. The quantitative estimate of drug-likeness (QED) is 0.821. The molecule has 0 saturated carbocycles. The number of carbonyl (C=O) groups excluding carboxylic acids is 1. The summed E-state index contributed by atoms with van der Waals surface area (Å²) >= 11 is 1.43. The second-order valence-electron chi connectivity index (χ2n) is 5.75. The molecule has 0 radical (unpaired) electrons. The van der Waals surface area contributed by atoms with Gasteiger partial charge in [-0.05, 0) is 25.0 Å². The standard InChI is InChI=1S/C15H19N3O3S2/c1-17-11-7-3-4-9-13(11)22-15(17)16-14(19)12-8-5-6-10-18(12)23(2,20)21/h3-4,7,9,12H,5-6,8,10H2,1-2H3. The van der Waals surface area contributed by atoms with Crippen LogP contribution in [0.5, 0.6) is 0 Å². The van der Waals surface area contributed by atoms with E-state index in [1.54, 1.807) is 0 Å². The van der Waals surface area contributed by atoms with Gasteiger partial charge in [-0.2, -0.15) is 9.30 Å². The third-order valence-corrected chi connectivity index (χ3v) is 6.49. The average molecular weight is 353 g/mol. The van der Waals surface area contributed by atoms with Crippen molar-refractivity contribution >= 4 is 37.5 Å². The van der Waals surface area contributed by atoms with Gasteiger partial charge in [0.05, 0.1) is 16.5 Å². The molecule has 1 atom stereocenters. The minimum Gasteiger partial charge on any atom is -0.319 e. The molecule has 1 aromatic carbocycles. The fourth-order valence-corrected chi connectivity index (χ4v) is 5.05. The number of carbonyl (C=O) groups is 1. The number of rotatable bonds is 2. The zero-order valence-corrected chi connectivity index (χ0v) is 14.7. The van der Waals surface area contributed by atoms with Crippen LogP contribution in [0.15, 0.2) is 29.3 Å². The van der Waals surface area contributed by atoms with E-state index in [0.29, 0.717) is 17.8 Å². The molecule has 23 heavy (non-hydrogen) atoms. The first kappa shape index (κ1) is 16.4. The summed E-state index contributed by atoms with van der Waals surface area (Å²) in [5.41, 5.74) is 1.01. The van der Waals surface area contributed by atoms with Crippen LogP contribution in [0.2, 0.25) is 0 Å². The first-order chi connectivity index (χ1) is 10.9. The van der Waals surface area contributed by atoms with Gasteiger partial charge < -0.3 is 4.57 Å². The molecule has 1 saturated heterocycles. The second kappa shape index (κ2) is 6.18. The molecular formula is C15H19N3O3S2. The number of benzene rings is 1. The lowest BCUT2D eigenvalue weighted by atomic mass is 10.0. The Balaban J connectivity index is 2.00. The summed E-state index contributed by atoms with van der Waals surface area (Å²) in [6.07, 6.45) is 3.31. The van der Waals surface area contributed by atoms with Gasteiger partial charge in [-0.3, -0.25) is 4.79 Å². The van der Waals surface area contributed by atoms with Crippen molar-refractivity contribution in [3.8, 4) is 0 Å². The molecule has 0 aliphatic carbocycles. The predicted octanol–water partition coefficient (Wildman–Crippen LogP) is 1.48. The van der Waals surface area contributed by atoms with E-state index >= 15 is 0 Å². The molecule has 0 bridgehead atoms. The number of nitrogens with zero attached hydrogens (tertiary/aromatic N) is 3. The fourth-order valence-electron chi connectivity index (χ4n) is 2.91. The number of amides is 1. The Morgan fingerprint density at radius 3 is 2.74 bits per heavy atom. The summed E-state index contributed by atoms with van der Waals surface area (Å²) in [5, 5.41) is 0. The molecule has 1 fully saturated rings. The predicted molar refractivity (Wildman–Crippen MR) is 90.6 cm³/mol. The van der Waals surface area contributed by atoms with Crippen LogP contribution in [0.3, 0.4) is 0 Å². The number of fused-ring (bicyclic) bond motifs is 1. The summed E-state index contributed by atoms with van der Waals surface area (Å²) < 4.78 is 28.0. The van der Waals surface area contributed by atoms with Crippen LogP contribution in [0.4, 0.5) is 0 Å². The maximum atomic E-state index is 12.6. The monoisotopic (exact) mass is 353 g/mol. The van der Waals surface area contributed by atoms with Gasteiger partial charge in [0.25, 0.3) is 5.91 Å². The Morgan fingerprint density at radius 1 is 1.30 bits per heavy atom. The fraction of sp³-hybridized carbons (Fsp3) is 0.467. The smallest absolute Gasteiger partial charge is 0.266 e. The molecule has 1 aromatic heterocycles. The first-order valence-electron chi connectivity index (χ1n) is 7.48. The molecule has 8 heteroatoms. The van der Waals surface area contributed by atoms with Crippen LogP contribution in [0.1, 0.15) is 19.3 Å². The molecule has 2 aromatic rings. The third kappa shape index (κ3) is 3.24. The zero-order chi connectivity index (χ0) is 16.6. The van der Waals surface area contributed by atoms with E-state index < -0.39 is 16.1 Å². The molecule has 1 amide bonds. The average Bonchev–Trinajstić information content (AvgIpc) is 2.83. The Labute approximate surface area is 139 Å². The van der Waals surface area contributed by atoms with Crippen molar-refractivity contribution < 1.29 is 13.2 Å². The summed E-state index contributed by atoms with van der Waals surface area (Å²) in [5.74, 6) is -0.378. The summed E-state index contributed by atoms with van der Waals surface area (Å²) in [6, 6.07) is 7.15.